The van der Waals surface area contributed by atoms with E-state index in [2.05, 4.69) is 32.7 Å². The van der Waals surface area contributed by atoms with Crippen LogP contribution in [0.2, 0.25) is 0 Å². The molecule has 4 rings (SSSR count). The van der Waals surface area contributed by atoms with Crippen LogP contribution in [0, 0.1) is 0 Å². The highest BCUT2D eigenvalue weighted by Gasteiger charge is 2.24. The van der Waals surface area contributed by atoms with Crippen molar-refractivity contribution < 1.29 is 9.53 Å². The maximum Gasteiger partial charge on any atom is 0.328 e. The number of fused-ring (bicyclic) bond motifs is 1. The van der Waals surface area contributed by atoms with Crippen LogP contribution in [-0.4, -0.2) is 43.7 Å². The number of para-hydroxylation sites is 1. The van der Waals surface area contributed by atoms with Gasteiger partial charge in [0.2, 0.25) is 5.95 Å². The van der Waals surface area contributed by atoms with Crippen molar-refractivity contribution in [3.05, 3.63) is 72.6 Å². The fourth-order valence-corrected chi connectivity index (χ4v) is 3.65. The van der Waals surface area contributed by atoms with E-state index in [4.69, 9.17) is 9.72 Å². The van der Waals surface area contributed by atoms with Gasteiger partial charge < -0.3 is 15.4 Å². The first-order chi connectivity index (χ1) is 16.8. The minimum absolute atomic E-state index is 0.357. The van der Waals surface area contributed by atoms with Crippen molar-refractivity contribution in [2.45, 2.75) is 52.2 Å². The lowest BCUT2D eigenvalue weighted by Crippen LogP contribution is -2.34. The van der Waals surface area contributed by atoms with Crippen molar-refractivity contribution in [1.82, 2.24) is 19.5 Å². The first-order valence-corrected chi connectivity index (χ1v) is 11.9. The van der Waals surface area contributed by atoms with Gasteiger partial charge in [-0.3, -0.25) is 4.57 Å². The molecule has 4 aromatic rings. The summed E-state index contributed by atoms with van der Waals surface area (Å²) in [4.78, 5) is 26.5. The molecule has 2 aromatic heterocycles. The van der Waals surface area contributed by atoms with E-state index in [0.29, 0.717) is 29.5 Å². The monoisotopic (exact) mass is 472 g/mol. The van der Waals surface area contributed by atoms with Crippen LogP contribution in [0.25, 0.3) is 16.9 Å². The Morgan fingerprint density at radius 2 is 1.71 bits per heavy atom. The Labute approximate surface area is 205 Å². The smallest absolute Gasteiger partial charge is 0.328 e. The molecule has 1 atom stereocenters. The molecule has 0 saturated carbocycles. The maximum absolute atomic E-state index is 12.6. The van der Waals surface area contributed by atoms with E-state index in [1.54, 1.807) is 13.3 Å². The van der Waals surface area contributed by atoms with E-state index in [-0.39, 0.29) is 5.97 Å². The number of esters is 1. The summed E-state index contributed by atoms with van der Waals surface area (Å²) in [6.07, 6.45) is 3.61. The standard InChI is InChI=1S/C27H32N6O2/c1-19(25(34)35-27(2,3)4)30-23-22-24(33(18-29-22)21-15-9-6-10-16-21)32-26(31-23)28-17-11-14-20-12-7-5-8-13-20/h5-10,12-13,15-16,18-19H,11,14,17H2,1-4H3,(H2,28,30,31,32). The third kappa shape index (κ3) is 6.35. The van der Waals surface area contributed by atoms with E-state index in [1.165, 1.54) is 5.56 Å². The molecule has 2 heterocycles. The quantitative estimate of drug-likeness (QED) is 0.261. The molecule has 35 heavy (non-hydrogen) atoms. The van der Waals surface area contributed by atoms with E-state index >= 15 is 0 Å². The van der Waals surface area contributed by atoms with Crippen LogP contribution in [0.1, 0.15) is 39.7 Å². The molecule has 182 valence electrons. The summed E-state index contributed by atoms with van der Waals surface area (Å²) in [5.74, 6) is 0.597. The summed E-state index contributed by atoms with van der Waals surface area (Å²) >= 11 is 0. The molecule has 1 unspecified atom stereocenters. The van der Waals surface area contributed by atoms with Crippen LogP contribution in [0.5, 0.6) is 0 Å². The zero-order valence-corrected chi connectivity index (χ0v) is 20.7. The third-order valence-electron chi connectivity index (χ3n) is 5.31. The molecular formula is C27H32N6O2. The molecule has 0 bridgehead atoms. The minimum atomic E-state index is -0.611. The van der Waals surface area contributed by atoms with E-state index in [9.17, 15) is 4.79 Å². The third-order valence-corrected chi connectivity index (χ3v) is 5.31. The van der Waals surface area contributed by atoms with Crippen LogP contribution < -0.4 is 10.6 Å². The Bertz CT molecular complexity index is 1270. The summed E-state index contributed by atoms with van der Waals surface area (Å²) in [5.41, 5.74) is 2.89. The fraction of sp³-hybridized carbons (Fsp3) is 0.333. The number of carbonyl (C=O) groups is 1. The van der Waals surface area contributed by atoms with Crippen molar-refractivity contribution in [2.24, 2.45) is 0 Å². The average molecular weight is 473 g/mol. The molecule has 0 saturated heterocycles. The second-order valence-electron chi connectivity index (χ2n) is 9.43. The summed E-state index contributed by atoms with van der Waals surface area (Å²) < 4.78 is 7.44. The number of aromatic nitrogens is 4. The predicted octanol–water partition coefficient (Wildman–Crippen LogP) is 5.00. The Hall–Kier alpha value is -3.94. The van der Waals surface area contributed by atoms with Crippen LogP contribution in [0.15, 0.2) is 67.0 Å². The number of ether oxygens (including phenoxy) is 1. The molecule has 2 N–H and O–H groups in total. The average Bonchev–Trinajstić information content (AvgIpc) is 3.26. The van der Waals surface area contributed by atoms with Crippen LogP contribution in [-0.2, 0) is 16.0 Å². The zero-order chi connectivity index (χ0) is 24.8. The van der Waals surface area contributed by atoms with Gasteiger partial charge in [-0.25, -0.2) is 9.78 Å². The Morgan fingerprint density at radius 3 is 2.40 bits per heavy atom. The Balaban J connectivity index is 1.58. The predicted molar refractivity (Wildman–Crippen MR) is 139 cm³/mol. The second kappa shape index (κ2) is 10.5. The van der Waals surface area contributed by atoms with Crippen molar-refractivity contribution in [2.75, 3.05) is 17.2 Å². The Morgan fingerprint density at radius 1 is 1.03 bits per heavy atom. The second-order valence-corrected chi connectivity index (χ2v) is 9.43. The number of rotatable bonds is 9. The molecule has 2 aromatic carbocycles. The largest absolute Gasteiger partial charge is 0.458 e. The summed E-state index contributed by atoms with van der Waals surface area (Å²) in [6.45, 7) is 8.00. The van der Waals surface area contributed by atoms with Gasteiger partial charge in [-0.05, 0) is 58.2 Å². The first kappa shape index (κ1) is 24.2. The van der Waals surface area contributed by atoms with Crippen molar-refractivity contribution in [3.8, 4) is 5.69 Å². The number of benzene rings is 2. The fourth-order valence-electron chi connectivity index (χ4n) is 3.65. The van der Waals surface area contributed by atoms with Gasteiger partial charge in [0.1, 0.15) is 18.0 Å². The van der Waals surface area contributed by atoms with Gasteiger partial charge >= 0.3 is 5.97 Å². The van der Waals surface area contributed by atoms with Gasteiger partial charge in [-0.15, -0.1) is 0 Å². The highest BCUT2D eigenvalue weighted by Crippen LogP contribution is 2.24. The molecule has 0 spiro atoms. The molecule has 0 aliphatic carbocycles. The van der Waals surface area contributed by atoms with Crippen molar-refractivity contribution in [1.29, 1.82) is 0 Å². The van der Waals surface area contributed by atoms with Gasteiger partial charge in [0, 0.05) is 12.2 Å². The van der Waals surface area contributed by atoms with Gasteiger partial charge in [0.25, 0.3) is 0 Å². The molecule has 8 nitrogen and oxygen atoms in total. The molecule has 0 aliphatic heterocycles. The number of nitrogens with one attached hydrogen (secondary N) is 2. The van der Waals surface area contributed by atoms with Crippen molar-refractivity contribution in [3.63, 3.8) is 0 Å². The summed E-state index contributed by atoms with van der Waals surface area (Å²) in [5, 5.41) is 6.52. The van der Waals surface area contributed by atoms with Crippen LogP contribution >= 0.6 is 0 Å². The maximum atomic E-state index is 12.6. The zero-order valence-electron chi connectivity index (χ0n) is 20.7. The first-order valence-electron chi connectivity index (χ1n) is 11.9. The van der Waals surface area contributed by atoms with Gasteiger partial charge in [-0.2, -0.15) is 9.97 Å². The summed E-state index contributed by atoms with van der Waals surface area (Å²) in [7, 11) is 0. The Kier molecular flexibility index (Phi) is 7.29. The number of nitrogens with zero attached hydrogens (tertiary/aromatic N) is 4. The van der Waals surface area contributed by atoms with E-state index in [0.717, 1.165) is 18.5 Å². The number of anilines is 2. The SMILES string of the molecule is CC(Nc1nc(NCCCc2ccccc2)nc2c1ncn2-c1ccccc1)C(=O)OC(C)(C)C. The number of hydrogen-bond acceptors (Lipinski definition) is 7. The van der Waals surface area contributed by atoms with Crippen LogP contribution in [0.3, 0.4) is 0 Å². The van der Waals surface area contributed by atoms with Gasteiger partial charge in [-0.1, -0.05) is 48.5 Å². The van der Waals surface area contributed by atoms with Crippen LogP contribution in [0.4, 0.5) is 11.8 Å². The normalized spacial score (nSPS) is 12.3. The molecule has 0 aliphatic rings. The highest BCUT2D eigenvalue weighted by atomic mass is 16.6. The lowest BCUT2D eigenvalue weighted by molar-refractivity contribution is -0.155. The van der Waals surface area contributed by atoms with Crippen molar-refractivity contribution >= 4 is 28.9 Å². The molecule has 0 radical (unpaired) electrons. The van der Waals surface area contributed by atoms with Gasteiger partial charge in [0.05, 0.1) is 0 Å². The number of imidazole rings is 1. The minimum Gasteiger partial charge on any atom is -0.458 e. The lowest BCUT2D eigenvalue weighted by Gasteiger charge is -2.23. The number of aryl methyl sites for hydroxylation is 1. The van der Waals surface area contributed by atoms with E-state index < -0.39 is 11.6 Å². The summed E-state index contributed by atoms with van der Waals surface area (Å²) in [6, 6.07) is 19.6. The number of carbonyl (C=O) groups excluding carboxylic acids is 1. The number of hydrogen-bond donors (Lipinski definition) is 2. The molecule has 8 heteroatoms. The van der Waals surface area contributed by atoms with E-state index in [1.807, 2.05) is 73.9 Å². The highest BCUT2D eigenvalue weighted by molar-refractivity contribution is 5.88. The molecular weight excluding hydrogens is 440 g/mol. The molecule has 0 amide bonds. The van der Waals surface area contributed by atoms with Gasteiger partial charge in [0.15, 0.2) is 17.0 Å². The topological polar surface area (TPSA) is 94.0 Å². The lowest BCUT2D eigenvalue weighted by atomic mass is 10.1. The molecule has 0 fully saturated rings.